The van der Waals surface area contributed by atoms with Crippen LogP contribution < -0.4 is 5.32 Å². The van der Waals surface area contributed by atoms with Gasteiger partial charge in [0, 0.05) is 21.5 Å². The van der Waals surface area contributed by atoms with Gasteiger partial charge in [-0.05, 0) is 26.0 Å². The summed E-state index contributed by atoms with van der Waals surface area (Å²) < 4.78 is 0. The van der Waals surface area contributed by atoms with Crippen LogP contribution in [-0.2, 0) is 6.61 Å². The van der Waals surface area contributed by atoms with E-state index in [1.54, 1.807) is 23.6 Å². The van der Waals surface area contributed by atoms with Crippen molar-refractivity contribution in [1.82, 2.24) is 4.98 Å². The van der Waals surface area contributed by atoms with Crippen LogP contribution in [0.5, 0.6) is 0 Å². The molecule has 0 atom stereocenters. The summed E-state index contributed by atoms with van der Waals surface area (Å²) >= 11 is 1.59. The van der Waals surface area contributed by atoms with Crippen LogP contribution in [0, 0.1) is 13.8 Å². The largest absolute Gasteiger partial charge is 0.392 e. The quantitative estimate of drug-likeness (QED) is 0.893. The first kappa shape index (κ1) is 12.7. The lowest BCUT2D eigenvalue weighted by Gasteiger charge is -2.08. The van der Waals surface area contributed by atoms with Gasteiger partial charge < -0.3 is 10.4 Å². The monoisotopic (exact) mass is 262 g/mol. The molecular formula is C13H14N2O2S. The van der Waals surface area contributed by atoms with Gasteiger partial charge in [-0.2, -0.15) is 0 Å². The first-order chi connectivity index (χ1) is 8.61. The SMILES string of the molecule is Cc1cc(C(=O)Nc2cnccc2CO)c(C)s1. The van der Waals surface area contributed by atoms with Crippen LogP contribution in [-0.4, -0.2) is 16.0 Å². The second kappa shape index (κ2) is 5.29. The summed E-state index contributed by atoms with van der Waals surface area (Å²) in [4.78, 5) is 18.1. The number of carbonyl (C=O) groups excluding carboxylic acids is 1. The van der Waals surface area contributed by atoms with Gasteiger partial charge in [0.1, 0.15) is 0 Å². The van der Waals surface area contributed by atoms with Crippen LogP contribution in [0.25, 0.3) is 0 Å². The van der Waals surface area contributed by atoms with E-state index < -0.39 is 0 Å². The third-order valence-corrected chi connectivity index (χ3v) is 3.58. The fraction of sp³-hybridized carbons (Fsp3) is 0.231. The molecule has 1 amide bonds. The second-order valence-electron chi connectivity index (χ2n) is 3.97. The van der Waals surface area contributed by atoms with Crippen molar-refractivity contribution in [3.05, 3.63) is 45.4 Å². The Morgan fingerprint density at radius 1 is 1.50 bits per heavy atom. The van der Waals surface area contributed by atoms with E-state index in [2.05, 4.69) is 10.3 Å². The Labute approximate surface area is 109 Å². The molecule has 0 bridgehead atoms. The predicted molar refractivity (Wildman–Crippen MR) is 71.9 cm³/mol. The Balaban J connectivity index is 2.24. The minimum absolute atomic E-state index is 0.125. The number of aliphatic hydroxyl groups excluding tert-OH is 1. The summed E-state index contributed by atoms with van der Waals surface area (Å²) in [6, 6.07) is 3.55. The molecule has 0 saturated heterocycles. The number of aromatic nitrogens is 1. The maximum absolute atomic E-state index is 12.1. The van der Waals surface area contributed by atoms with E-state index in [0.717, 1.165) is 9.75 Å². The molecule has 0 radical (unpaired) electrons. The number of carbonyl (C=O) groups is 1. The van der Waals surface area contributed by atoms with Crippen LogP contribution in [0.2, 0.25) is 0 Å². The topological polar surface area (TPSA) is 62.2 Å². The van der Waals surface area contributed by atoms with E-state index >= 15 is 0 Å². The number of thiophene rings is 1. The number of amides is 1. The highest BCUT2D eigenvalue weighted by Crippen LogP contribution is 2.22. The Hall–Kier alpha value is -1.72. The minimum Gasteiger partial charge on any atom is -0.392 e. The molecule has 94 valence electrons. The summed E-state index contributed by atoms with van der Waals surface area (Å²) in [5.74, 6) is -0.167. The summed E-state index contributed by atoms with van der Waals surface area (Å²) in [5, 5.41) is 12.0. The van der Waals surface area contributed by atoms with E-state index in [1.165, 1.54) is 6.20 Å². The Bertz CT molecular complexity index is 578. The average molecular weight is 262 g/mol. The standard InChI is InChI=1S/C13H14N2O2S/c1-8-5-11(9(2)18-8)13(17)15-12-6-14-4-3-10(12)7-16/h3-6,16H,7H2,1-2H3,(H,15,17). The van der Waals surface area contributed by atoms with Crippen molar-refractivity contribution in [2.75, 3.05) is 5.32 Å². The summed E-state index contributed by atoms with van der Waals surface area (Å²) in [5.41, 5.74) is 1.88. The molecule has 0 aliphatic rings. The van der Waals surface area contributed by atoms with Crippen molar-refractivity contribution in [1.29, 1.82) is 0 Å². The number of aryl methyl sites for hydroxylation is 2. The van der Waals surface area contributed by atoms with Gasteiger partial charge in [-0.1, -0.05) is 0 Å². The molecule has 0 aliphatic carbocycles. The van der Waals surface area contributed by atoms with Crippen LogP contribution >= 0.6 is 11.3 Å². The zero-order chi connectivity index (χ0) is 13.1. The maximum Gasteiger partial charge on any atom is 0.256 e. The highest BCUT2D eigenvalue weighted by Gasteiger charge is 2.13. The van der Waals surface area contributed by atoms with Gasteiger partial charge in [0.15, 0.2) is 0 Å². The van der Waals surface area contributed by atoms with Crippen LogP contribution in [0.15, 0.2) is 24.5 Å². The molecule has 0 fully saturated rings. The zero-order valence-corrected chi connectivity index (χ0v) is 11.0. The number of aliphatic hydroxyl groups is 1. The fourth-order valence-corrected chi connectivity index (χ4v) is 2.64. The van der Waals surface area contributed by atoms with E-state index in [4.69, 9.17) is 0 Å². The van der Waals surface area contributed by atoms with Crippen LogP contribution in [0.3, 0.4) is 0 Å². The van der Waals surface area contributed by atoms with Crippen molar-refractivity contribution in [2.24, 2.45) is 0 Å². The third kappa shape index (κ3) is 2.57. The molecule has 2 aromatic rings. The minimum atomic E-state index is -0.167. The van der Waals surface area contributed by atoms with E-state index in [0.29, 0.717) is 16.8 Å². The molecule has 0 aromatic carbocycles. The summed E-state index contributed by atoms with van der Waals surface area (Å²) in [6.07, 6.45) is 3.12. The van der Waals surface area contributed by atoms with Gasteiger partial charge >= 0.3 is 0 Å². The highest BCUT2D eigenvalue weighted by molar-refractivity contribution is 7.12. The van der Waals surface area contributed by atoms with Crippen molar-refractivity contribution in [3.63, 3.8) is 0 Å². The van der Waals surface area contributed by atoms with Crippen molar-refractivity contribution in [3.8, 4) is 0 Å². The van der Waals surface area contributed by atoms with Gasteiger partial charge in [0.05, 0.1) is 24.1 Å². The molecule has 4 nitrogen and oxygen atoms in total. The number of nitrogens with one attached hydrogen (secondary N) is 1. The molecule has 2 N–H and O–H groups in total. The zero-order valence-electron chi connectivity index (χ0n) is 10.2. The van der Waals surface area contributed by atoms with E-state index in [1.807, 2.05) is 19.9 Å². The normalized spacial score (nSPS) is 10.4. The predicted octanol–water partition coefficient (Wildman–Crippen LogP) is 2.50. The third-order valence-electron chi connectivity index (χ3n) is 2.62. The van der Waals surface area contributed by atoms with Gasteiger partial charge in [-0.3, -0.25) is 9.78 Å². The fourth-order valence-electron chi connectivity index (χ4n) is 1.72. The Morgan fingerprint density at radius 3 is 2.89 bits per heavy atom. The summed E-state index contributed by atoms with van der Waals surface area (Å²) in [6.45, 7) is 3.76. The first-order valence-electron chi connectivity index (χ1n) is 5.54. The van der Waals surface area contributed by atoms with E-state index in [-0.39, 0.29) is 12.5 Å². The van der Waals surface area contributed by atoms with Gasteiger partial charge in [0.2, 0.25) is 0 Å². The number of hydrogen-bond donors (Lipinski definition) is 2. The van der Waals surface area contributed by atoms with Gasteiger partial charge in [-0.15, -0.1) is 11.3 Å². The van der Waals surface area contributed by atoms with Crippen molar-refractivity contribution >= 4 is 22.9 Å². The highest BCUT2D eigenvalue weighted by atomic mass is 32.1. The molecule has 5 heteroatoms. The molecule has 0 aliphatic heterocycles. The molecule has 0 spiro atoms. The van der Waals surface area contributed by atoms with Crippen LogP contribution in [0.1, 0.15) is 25.7 Å². The van der Waals surface area contributed by atoms with Gasteiger partial charge in [-0.25, -0.2) is 0 Å². The molecule has 2 aromatic heterocycles. The second-order valence-corrected chi connectivity index (χ2v) is 5.43. The molecule has 18 heavy (non-hydrogen) atoms. The van der Waals surface area contributed by atoms with Crippen molar-refractivity contribution < 1.29 is 9.90 Å². The van der Waals surface area contributed by atoms with Crippen molar-refractivity contribution in [2.45, 2.75) is 20.5 Å². The molecule has 0 saturated carbocycles. The molecule has 0 unspecified atom stereocenters. The number of rotatable bonds is 3. The van der Waals surface area contributed by atoms with E-state index in [9.17, 15) is 9.90 Å². The average Bonchev–Trinajstić information content (AvgIpc) is 2.69. The van der Waals surface area contributed by atoms with Gasteiger partial charge in [0.25, 0.3) is 5.91 Å². The lowest BCUT2D eigenvalue weighted by molar-refractivity contribution is 0.102. The number of nitrogens with zero attached hydrogens (tertiary/aromatic N) is 1. The number of pyridine rings is 1. The smallest absolute Gasteiger partial charge is 0.256 e. The first-order valence-corrected chi connectivity index (χ1v) is 6.35. The molecule has 2 heterocycles. The van der Waals surface area contributed by atoms with Crippen LogP contribution in [0.4, 0.5) is 5.69 Å². The molecule has 2 rings (SSSR count). The Morgan fingerprint density at radius 2 is 2.28 bits per heavy atom. The molecular weight excluding hydrogens is 248 g/mol. The number of anilines is 1. The Kier molecular flexibility index (Phi) is 3.74. The lowest BCUT2D eigenvalue weighted by Crippen LogP contribution is -2.13. The lowest BCUT2D eigenvalue weighted by atomic mass is 10.2. The number of hydrogen-bond acceptors (Lipinski definition) is 4. The summed E-state index contributed by atoms with van der Waals surface area (Å²) in [7, 11) is 0. The maximum atomic E-state index is 12.1.